The second-order valence-electron chi connectivity index (χ2n) is 6.66. The zero-order valence-corrected chi connectivity index (χ0v) is 15.5. The van der Waals surface area contributed by atoms with E-state index in [1.807, 2.05) is 48.7 Å². The molecule has 0 atom stereocenters. The van der Waals surface area contributed by atoms with Crippen LogP contribution >= 0.6 is 0 Å². The number of aromatic nitrogens is 2. The molecule has 0 fully saturated rings. The van der Waals surface area contributed by atoms with Gasteiger partial charge < -0.3 is 9.13 Å². The first-order chi connectivity index (χ1) is 13.2. The molecule has 0 amide bonds. The van der Waals surface area contributed by atoms with Crippen LogP contribution in [-0.4, -0.2) is 14.9 Å². The molecule has 0 aliphatic rings. The Morgan fingerprint density at radius 2 is 1.71 bits per heavy atom. The van der Waals surface area contributed by atoms with Gasteiger partial charge in [0, 0.05) is 35.8 Å². The minimum atomic E-state index is -4.59. The van der Waals surface area contributed by atoms with Crippen molar-refractivity contribution in [3.63, 3.8) is 0 Å². The SMILES string of the molecule is Cc1cc(C(=O)Cn2ccc(C(F)(F)F)cc2=O)c(C)n1Cc1ccccc1. The highest BCUT2D eigenvalue weighted by molar-refractivity contribution is 5.97. The lowest BCUT2D eigenvalue weighted by molar-refractivity contribution is -0.137. The van der Waals surface area contributed by atoms with Crippen LogP contribution in [0.1, 0.15) is 32.9 Å². The maximum Gasteiger partial charge on any atom is 0.416 e. The highest BCUT2D eigenvalue weighted by Gasteiger charge is 2.31. The number of ketones is 1. The molecule has 28 heavy (non-hydrogen) atoms. The Bertz CT molecular complexity index is 1060. The second-order valence-corrected chi connectivity index (χ2v) is 6.66. The summed E-state index contributed by atoms with van der Waals surface area (Å²) in [6, 6.07) is 12.8. The van der Waals surface area contributed by atoms with Crippen molar-refractivity contribution in [2.24, 2.45) is 0 Å². The summed E-state index contributed by atoms with van der Waals surface area (Å²) in [5.74, 6) is -0.325. The lowest BCUT2D eigenvalue weighted by Gasteiger charge is -2.11. The van der Waals surface area contributed by atoms with E-state index in [1.165, 1.54) is 0 Å². The first-order valence-electron chi connectivity index (χ1n) is 8.68. The fraction of sp³-hybridized carbons (Fsp3) is 0.238. The summed E-state index contributed by atoms with van der Waals surface area (Å²) >= 11 is 0. The van der Waals surface area contributed by atoms with Crippen LogP contribution in [-0.2, 0) is 19.3 Å². The van der Waals surface area contributed by atoms with Gasteiger partial charge in [-0.15, -0.1) is 0 Å². The highest BCUT2D eigenvalue weighted by Crippen LogP contribution is 2.27. The molecule has 3 rings (SSSR count). The fourth-order valence-corrected chi connectivity index (χ4v) is 3.15. The van der Waals surface area contributed by atoms with E-state index < -0.39 is 17.3 Å². The molecule has 0 spiro atoms. The minimum absolute atomic E-state index is 0.313. The van der Waals surface area contributed by atoms with E-state index in [0.29, 0.717) is 18.2 Å². The summed E-state index contributed by atoms with van der Waals surface area (Å²) in [7, 11) is 0. The number of benzene rings is 1. The largest absolute Gasteiger partial charge is 0.416 e. The van der Waals surface area contributed by atoms with Crippen molar-refractivity contribution >= 4 is 5.78 Å². The third kappa shape index (κ3) is 4.08. The lowest BCUT2D eigenvalue weighted by Crippen LogP contribution is -2.25. The molecule has 2 aromatic heterocycles. The third-order valence-corrected chi connectivity index (χ3v) is 4.69. The number of alkyl halides is 3. The van der Waals surface area contributed by atoms with Crippen LogP contribution in [0.15, 0.2) is 59.5 Å². The Hall–Kier alpha value is -3.09. The number of pyridine rings is 1. The number of aryl methyl sites for hydroxylation is 1. The molecule has 0 saturated carbocycles. The normalized spacial score (nSPS) is 11.6. The Balaban J connectivity index is 1.84. The summed E-state index contributed by atoms with van der Waals surface area (Å²) in [4.78, 5) is 24.6. The van der Waals surface area contributed by atoms with Crippen LogP contribution in [0.25, 0.3) is 0 Å². The molecule has 0 radical (unpaired) electrons. The van der Waals surface area contributed by atoms with Gasteiger partial charge in [-0.3, -0.25) is 9.59 Å². The summed E-state index contributed by atoms with van der Waals surface area (Å²) in [6.45, 7) is 3.99. The van der Waals surface area contributed by atoms with Gasteiger partial charge in [0.05, 0.1) is 12.1 Å². The molecule has 0 aliphatic heterocycles. The highest BCUT2D eigenvalue weighted by atomic mass is 19.4. The number of halogens is 3. The van der Waals surface area contributed by atoms with Gasteiger partial charge in [-0.05, 0) is 31.5 Å². The predicted molar refractivity (Wildman–Crippen MR) is 99.5 cm³/mol. The smallest absolute Gasteiger partial charge is 0.344 e. The minimum Gasteiger partial charge on any atom is -0.344 e. The van der Waals surface area contributed by atoms with E-state index in [4.69, 9.17) is 0 Å². The van der Waals surface area contributed by atoms with E-state index in [2.05, 4.69) is 0 Å². The van der Waals surface area contributed by atoms with Crippen molar-refractivity contribution in [1.29, 1.82) is 0 Å². The van der Waals surface area contributed by atoms with E-state index >= 15 is 0 Å². The number of nitrogens with zero attached hydrogens (tertiary/aromatic N) is 2. The second kappa shape index (κ2) is 7.50. The first kappa shape index (κ1) is 19.7. The van der Waals surface area contributed by atoms with Gasteiger partial charge in [-0.25, -0.2) is 0 Å². The molecule has 0 N–H and O–H groups in total. The van der Waals surface area contributed by atoms with Crippen molar-refractivity contribution in [2.45, 2.75) is 33.1 Å². The maximum atomic E-state index is 12.7. The third-order valence-electron chi connectivity index (χ3n) is 4.69. The number of hydrogen-bond donors (Lipinski definition) is 0. The Labute approximate surface area is 159 Å². The van der Waals surface area contributed by atoms with Crippen LogP contribution in [0, 0.1) is 13.8 Å². The molecule has 0 unspecified atom stereocenters. The number of carbonyl (C=O) groups excluding carboxylic acids is 1. The average molecular weight is 388 g/mol. The molecule has 0 bridgehead atoms. The molecule has 3 aromatic rings. The van der Waals surface area contributed by atoms with Gasteiger partial charge in [0.15, 0.2) is 5.78 Å². The Kier molecular flexibility index (Phi) is 5.27. The Morgan fingerprint density at radius 3 is 2.32 bits per heavy atom. The van der Waals surface area contributed by atoms with E-state index in [0.717, 1.165) is 33.8 Å². The molecule has 0 aliphatic carbocycles. The zero-order valence-electron chi connectivity index (χ0n) is 15.5. The standard InChI is InChI=1S/C21H19F3N2O2/c1-14-10-18(15(2)26(14)12-16-6-4-3-5-7-16)19(27)13-25-9-8-17(11-20(25)28)21(22,23)24/h3-11H,12-13H2,1-2H3. The van der Waals surface area contributed by atoms with E-state index in [-0.39, 0.29) is 12.3 Å². The lowest BCUT2D eigenvalue weighted by atomic mass is 10.1. The van der Waals surface area contributed by atoms with Crippen LogP contribution in [0.5, 0.6) is 0 Å². The summed E-state index contributed by atoms with van der Waals surface area (Å²) in [6.07, 6.45) is -3.59. The Morgan fingerprint density at radius 1 is 1.04 bits per heavy atom. The molecule has 4 nitrogen and oxygen atoms in total. The maximum absolute atomic E-state index is 12.7. The topological polar surface area (TPSA) is 44.0 Å². The summed E-state index contributed by atoms with van der Waals surface area (Å²) in [5.41, 5.74) is 1.31. The van der Waals surface area contributed by atoms with E-state index in [1.54, 1.807) is 6.07 Å². The predicted octanol–water partition coefficient (Wildman–Crippen LogP) is 4.22. The zero-order chi connectivity index (χ0) is 20.5. The van der Waals surface area contributed by atoms with E-state index in [9.17, 15) is 22.8 Å². The van der Waals surface area contributed by atoms with Crippen LogP contribution in [0.2, 0.25) is 0 Å². The molecule has 146 valence electrons. The number of Topliss-reactive ketones (excluding diaryl/α,β-unsaturated/α-hetero) is 1. The molecular formula is C21H19F3N2O2. The van der Waals surface area contributed by atoms with Crippen molar-refractivity contribution in [3.8, 4) is 0 Å². The summed E-state index contributed by atoms with van der Waals surface area (Å²) in [5, 5.41) is 0. The van der Waals surface area contributed by atoms with Crippen molar-refractivity contribution in [3.05, 3.63) is 93.2 Å². The molecule has 0 saturated heterocycles. The van der Waals surface area contributed by atoms with Gasteiger partial charge in [0.25, 0.3) is 5.56 Å². The van der Waals surface area contributed by atoms with Gasteiger partial charge in [-0.2, -0.15) is 13.2 Å². The molecule has 7 heteroatoms. The molecule has 2 heterocycles. The quantitative estimate of drug-likeness (QED) is 0.615. The molecule has 1 aromatic carbocycles. The van der Waals surface area contributed by atoms with Crippen LogP contribution in [0.3, 0.4) is 0 Å². The monoisotopic (exact) mass is 388 g/mol. The van der Waals surface area contributed by atoms with Crippen LogP contribution in [0.4, 0.5) is 13.2 Å². The van der Waals surface area contributed by atoms with Crippen LogP contribution < -0.4 is 5.56 Å². The number of rotatable bonds is 5. The van der Waals surface area contributed by atoms with Crippen molar-refractivity contribution < 1.29 is 18.0 Å². The number of hydrogen-bond acceptors (Lipinski definition) is 2. The van der Waals surface area contributed by atoms with Gasteiger partial charge in [0.1, 0.15) is 0 Å². The van der Waals surface area contributed by atoms with Gasteiger partial charge >= 0.3 is 6.18 Å². The fourth-order valence-electron chi connectivity index (χ4n) is 3.15. The van der Waals surface area contributed by atoms with Gasteiger partial charge in [-0.1, -0.05) is 30.3 Å². The van der Waals surface area contributed by atoms with Crippen molar-refractivity contribution in [2.75, 3.05) is 0 Å². The van der Waals surface area contributed by atoms with Crippen molar-refractivity contribution in [1.82, 2.24) is 9.13 Å². The summed E-state index contributed by atoms with van der Waals surface area (Å²) < 4.78 is 41.0. The number of carbonyl (C=O) groups is 1. The first-order valence-corrected chi connectivity index (χ1v) is 8.68. The average Bonchev–Trinajstić information content (AvgIpc) is 2.91. The molecular weight excluding hydrogens is 369 g/mol. The van der Waals surface area contributed by atoms with Gasteiger partial charge in [0.2, 0.25) is 0 Å².